The molecule has 2 aromatic rings. The second-order valence-corrected chi connectivity index (χ2v) is 3.86. The van der Waals surface area contributed by atoms with E-state index in [0.717, 1.165) is 18.8 Å². The van der Waals surface area contributed by atoms with Crippen LogP contribution in [0.4, 0.5) is 0 Å². The fraction of sp³-hybridized carbons (Fsp3) is 0.231. The molecule has 4 heteroatoms. The van der Waals surface area contributed by atoms with Crippen molar-refractivity contribution >= 4 is 0 Å². The molecule has 86 valence electrons. The van der Waals surface area contributed by atoms with Crippen molar-refractivity contribution < 1.29 is 0 Å². The van der Waals surface area contributed by atoms with Crippen molar-refractivity contribution in [1.29, 1.82) is 5.26 Å². The number of hydrogen-bond acceptors (Lipinski definition) is 3. The van der Waals surface area contributed by atoms with Crippen LogP contribution in [0.5, 0.6) is 0 Å². The Balaban J connectivity index is 1.86. The summed E-state index contributed by atoms with van der Waals surface area (Å²) < 4.78 is 1.85. The summed E-state index contributed by atoms with van der Waals surface area (Å²) in [5, 5.41) is 16.1. The molecule has 1 aromatic heterocycles. The largest absolute Gasteiger partial charge is 0.307 e. The van der Waals surface area contributed by atoms with E-state index in [-0.39, 0.29) is 0 Å². The second-order valence-electron chi connectivity index (χ2n) is 3.86. The van der Waals surface area contributed by atoms with Gasteiger partial charge < -0.3 is 5.32 Å². The molecule has 0 aliphatic rings. The third kappa shape index (κ3) is 2.92. The number of nitriles is 1. The first-order valence-corrected chi connectivity index (χ1v) is 5.46. The van der Waals surface area contributed by atoms with Gasteiger partial charge in [-0.2, -0.15) is 10.4 Å². The summed E-state index contributed by atoms with van der Waals surface area (Å²) in [7, 11) is 1.93. The van der Waals surface area contributed by atoms with Gasteiger partial charge in [-0.15, -0.1) is 0 Å². The average Bonchev–Trinajstić information content (AvgIpc) is 2.76. The zero-order valence-electron chi connectivity index (χ0n) is 9.72. The van der Waals surface area contributed by atoms with Gasteiger partial charge in [0.1, 0.15) is 0 Å². The molecule has 4 nitrogen and oxygen atoms in total. The first-order valence-electron chi connectivity index (χ1n) is 5.46. The lowest BCUT2D eigenvalue weighted by Gasteiger charge is -2.05. The van der Waals surface area contributed by atoms with Gasteiger partial charge >= 0.3 is 0 Å². The van der Waals surface area contributed by atoms with Gasteiger partial charge in [0, 0.05) is 26.3 Å². The van der Waals surface area contributed by atoms with E-state index in [1.54, 1.807) is 6.20 Å². The Kier molecular flexibility index (Phi) is 3.53. The van der Waals surface area contributed by atoms with E-state index in [1.807, 2.05) is 42.1 Å². The molecule has 17 heavy (non-hydrogen) atoms. The molecule has 0 saturated heterocycles. The molecular formula is C13H14N4. The molecule has 0 bridgehead atoms. The highest BCUT2D eigenvalue weighted by molar-refractivity contribution is 5.31. The standard InChI is InChI=1S/C13H14N4/c1-17-13(6-7-16-17)10-15-9-12-4-2-11(8-14)3-5-12/h2-7,15H,9-10H2,1H3. The number of hydrogen-bond donors (Lipinski definition) is 1. The predicted octanol–water partition coefficient (Wildman–Crippen LogP) is 1.58. The summed E-state index contributed by atoms with van der Waals surface area (Å²) in [6.45, 7) is 1.58. The SMILES string of the molecule is Cn1nccc1CNCc1ccc(C#N)cc1. The van der Waals surface area contributed by atoms with Crippen LogP contribution in [0.3, 0.4) is 0 Å². The van der Waals surface area contributed by atoms with Gasteiger partial charge in [-0.1, -0.05) is 12.1 Å². The average molecular weight is 226 g/mol. The summed E-state index contributed by atoms with van der Waals surface area (Å²) in [5.74, 6) is 0. The Morgan fingerprint density at radius 3 is 2.59 bits per heavy atom. The number of benzene rings is 1. The third-order valence-corrected chi connectivity index (χ3v) is 2.64. The Morgan fingerprint density at radius 1 is 1.24 bits per heavy atom. The van der Waals surface area contributed by atoms with Crippen LogP contribution in [0.1, 0.15) is 16.8 Å². The van der Waals surface area contributed by atoms with Crippen molar-refractivity contribution in [3.63, 3.8) is 0 Å². The van der Waals surface area contributed by atoms with Crippen molar-refractivity contribution in [1.82, 2.24) is 15.1 Å². The van der Waals surface area contributed by atoms with Crippen molar-refractivity contribution in [2.75, 3.05) is 0 Å². The molecule has 0 aliphatic heterocycles. The first-order chi connectivity index (χ1) is 8.29. The van der Waals surface area contributed by atoms with Crippen molar-refractivity contribution in [2.45, 2.75) is 13.1 Å². The maximum atomic E-state index is 8.68. The molecular weight excluding hydrogens is 212 g/mol. The molecule has 0 unspecified atom stereocenters. The smallest absolute Gasteiger partial charge is 0.0991 e. The Hall–Kier alpha value is -2.12. The summed E-state index contributed by atoms with van der Waals surface area (Å²) >= 11 is 0. The highest BCUT2D eigenvalue weighted by Gasteiger charge is 1.98. The molecule has 0 spiro atoms. The highest BCUT2D eigenvalue weighted by atomic mass is 15.3. The van der Waals surface area contributed by atoms with E-state index in [0.29, 0.717) is 5.56 Å². The van der Waals surface area contributed by atoms with Crippen LogP contribution in [-0.2, 0) is 20.1 Å². The lowest BCUT2D eigenvalue weighted by Crippen LogP contribution is -2.15. The number of nitrogens with zero attached hydrogens (tertiary/aromatic N) is 3. The Bertz CT molecular complexity index is 519. The monoisotopic (exact) mass is 226 g/mol. The molecule has 0 atom stereocenters. The molecule has 0 amide bonds. The molecule has 0 saturated carbocycles. The number of nitrogens with one attached hydrogen (secondary N) is 1. The summed E-state index contributed by atoms with van der Waals surface area (Å²) in [5.41, 5.74) is 3.02. The molecule has 0 fully saturated rings. The highest BCUT2D eigenvalue weighted by Crippen LogP contribution is 2.03. The van der Waals surface area contributed by atoms with Gasteiger partial charge in [-0.3, -0.25) is 4.68 Å². The molecule has 1 heterocycles. The zero-order valence-corrected chi connectivity index (χ0v) is 9.72. The van der Waals surface area contributed by atoms with Crippen LogP contribution in [0.2, 0.25) is 0 Å². The van der Waals surface area contributed by atoms with E-state index in [4.69, 9.17) is 5.26 Å². The van der Waals surface area contributed by atoms with Crippen LogP contribution in [0.15, 0.2) is 36.5 Å². The topological polar surface area (TPSA) is 53.6 Å². The van der Waals surface area contributed by atoms with Crippen LogP contribution in [0.25, 0.3) is 0 Å². The Labute approximate surface area is 100 Å². The number of rotatable bonds is 4. The van der Waals surface area contributed by atoms with Gasteiger partial charge in [-0.05, 0) is 23.8 Å². The molecule has 0 radical (unpaired) electrons. The minimum Gasteiger partial charge on any atom is -0.307 e. The lowest BCUT2D eigenvalue weighted by atomic mass is 10.1. The van der Waals surface area contributed by atoms with Crippen LogP contribution < -0.4 is 5.32 Å². The van der Waals surface area contributed by atoms with Crippen molar-refractivity contribution in [3.05, 3.63) is 53.3 Å². The van der Waals surface area contributed by atoms with E-state index in [2.05, 4.69) is 16.5 Å². The zero-order chi connectivity index (χ0) is 12.1. The van der Waals surface area contributed by atoms with Crippen LogP contribution in [-0.4, -0.2) is 9.78 Å². The van der Waals surface area contributed by atoms with Gasteiger partial charge in [0.2, 0.25) is 0 Å². The second kappa shape index (κ2) is 5.28. The fourth-order valence-electron chi connectivity index (χ4n) is 1.61. The molecule has 1 N–H and O–H groups in total. The van der Waals surface area contributed by atoms with E-state index >= 15 is 0 Å². The third-order valence-electron chi connectivity index (χ3n) is 2.64. The van der Waals surface area contributed by atoms with Gasteiger partial charge in [0.25, 0.3) is 0 Å². The minimum absolute atomic E-state index is 0.695. The lowest BCUT2D eigenvalue weighted by molar-refractivity contribution is 0.626. The van der Waals surface area contributed by atoms with Gasteiger partial charge in [0.05, 0.1) is 17.3 Å². The van der Waals surface area contributed by atoms with E-state index < -0.39 is 0 Å². The van der Waals surface area contributed by atoms with Gasteiger partial charge in [-0.25, -0.2) is 0 Å². The Morgan fingerprint density at radius 2 is 2.00 bits per heavy atom. The summed E-state index contributed by atoms with van der Waals surface area (Å²) in [4.78, 5) is 0. The number of aryl methyl sites for hydroxylation is 1. The van der Waals surface area contributed by atoms with Crippen LogP contribution in [0, 0.1) is 11.3 Å². The first kappa shape index (κ1) is 11.4. The fourth-order valence-corrected chi connectivity index (χ4v) is 1.61. The van der Waals surface area contributed by atoms with Gasteiger partial charge in [0.15, 0.2) is 0 Å². The molecule has 0 aliphatic carbocycles. The predicted molar refractivity (Wildman–Crippen MR) is 64.9 cm³/mol. The van der Waals surface area contributed by atoms with E-state index in [9.17, 15) is 0 Å². The maximum Gasteiger partial charge on any atom is 0.0991 e. The minimum atomic E-state index is 0.695. The normalized spacial score (nSPS) is 10.1. The summed E-state index contributed by atoms with van der Waals surface area (Å²) in [6.07, 6.45) is 1.79. The molecule has 2 rings (SSSR count). The van der Waals surface area contributed by atoms with Crippen molar-refractivity contribution in [3.8, 4) is 6.07 Å². The quantitative estimate of drug-likeness (QED) is 0.861. The molecule has 1 aromatic carbocycles. The summed E-state index contributed by atoms with van der Waals surface area (Å²) in [6, 6.07) is 11.7. The maximum absolute atomic E-state index is 8.68. The van der Waals surface area contributed by atoms with E-state index in [1.165, 1.54) is 5.56 Å². The van der Waals surface area contributed by atoms with Crippen molar-refractivity contribution in [2.24, 2.45) is 7.05 Å². The van der Waals surface area contributed by atoms with Crippen LogP contribution >= 0.6 is 0 Å². The number of aromatic nitrogens is 2.